The molecule has 8 fully saturated rings. The van der Waals surface area contributed by atoms with Crippen molar-refractivity contribution in [3.8, 4) is 0 Å². The third-order valence-corrected chi connectivity index (χ3v) is 60.8. The van der Waals surface area contributed by atoms with Gasteiger partial charge in [0.2, 0.25) is 0 Å². The van der Waals surface area contributed by atoms with Crippen molar-refractivity contribution in [1.82, 2.24) is 0 Å². The number of hydrogen-bond acceptors (Lipinski definition) is 0. The second-order valence-corrected chi connectivity index (χ2v) is 52.0. The molecule has 2 aromatic carbocycles. The zero-order valence-electron chi connectivity index (χ0n) is 44.6. The summed E-state index contributed by atoms with van der Waals surface area (Å²) in [5.74, 6) is 0. The second kappa shape index (κ2) is 27.1. The van der Waals surface area contributed by atoms with E-state index in [9.17, 15) is 0 Å². The molecule has 0 saturated heterocycles. The third-order valence-electron chi connectivity index (χ3n) is 21.3. The van der Waals surface area contributed by atoms with Crippen LogP contribution >= 0.6 is 31.7 Å². The van der Waals surface area contributed by atoms with E-state index < -0.39 is 19.8 Å². The van der Waals surface area contributed by atoms with Gasteiger partial charge in [-0.15, -0.1) is 0 Å². The Morgan fingerprint density at radius 3 is 0.886 bits per heavy atom. The summed E-state index contributed by atoms with van der Waals surface area (Å²) in [6.45, 7) is 0. The van der Waals surface area contributed by atoms with Gasteiger partial charge in [0.15, 0.2) is 0 Å². The Labute approximate surface area is 457 Å². The van der Waals surface area contributed by atoms with Crippen LogP contribution in [-0.2, 0) is 0 Å². The van der Waals surface area contributed by atoms with Gasteiger partial charge in [0.25, 0.3) is 0 Å². The van der Waals surface area contributed by atoms with Crippen molar-refractivity contribution in [2.45, 2.75) is 317 Å². The fraction of sp³-hybridized carbons (Fsp3) is 0.812. The number of fused-ring (bicyclic) bond motifs is 1. The molecule has 1 heterocycles. The first-order chi connectivity index (χ1) is 34.7. The maximum absolute atomic E-state index is 3.03. The van der Waals surface area contributed by atoms with Gasteiger partial charge in [-0.2, -0.15) is 0 Å². The molecular weight excluding hydrogens is 1130 g/mol. The quantitative estimate of drug-likeness (QED) is 0.123. The molecule has 9 aliphatic rings. The van der Waals surface area contributed by atoms with Crippen LogP contribution in [0.3, 0.4) is 0 Å². The van der Waals surface area contributed by atoms with E-state index in [0.29, 0.717) is 0 Å². The van der Waals surface area contributed by atoms with E-state index in [0.717, 1.165) is 60.0 Å². The normalized spacial score (nSPS) is 28.8. The average Bonchev–Trinajstić information content (AvgIpc) is 3.76. The van der Waals surface area contributed by atoms with E-state index in [1.165, 1.54) is 77.0 Å². The van der Waals surface area contributed by atoms with Crippen molar-refractivity contribution in [1.29, 1.82) is 0 Å². The van der Waals surface area contributed by atoms with E-state index in [1.54, 1.807) is 180 Å². The molecule has 1 aliphatic heterocycles. The molecule has 0 nitrogen and oxygen atoms in total. The van der Waals surface area contributed by atoms with Crippen LogP contribution in [0.5, 0.6) is 0 Å². The first-order valence-corrected chi connectivity index (χ1v) is 44.4. The fourth-order valence-electron chi connectivity index (χ4n) is 18.1. The molecule has 2 aromatic rings. The molecule has 70 heavy (non-hydrogen) atoms. The summed E-state index contributed by atoms with van der Waals surface area (Å²) < 4.78 is 3.97. The topological polar surface area (TPSA) is 0 Å². The first-order valence-electron chi connectivity index (χ1n) is 31.6. The minimum atomic E-state index is -2.63. The van der Waals surface area contributed by atoms with Gasteiger partial charge in [0.05, 0.1) is 0 Å². The van der Waals surface area contributed by atoms with E-state index in [-0.39, 0.29) is 31.7 Å². The molecule has 0 aromatic heterocycles. The van der Waals surface area contributed by atoms with Gasteiger partial charge in [-0.3, -0.25) is 0 Å². The van der Waals surface area contributed by atoms with Crippen LogP contribution in [0.2, 0.25) is 0 Å². The maximum atomic E-state index is 3.03. The van der Waals surface area contributed by atoms with Gasteiger partial charge in [0, 0.05) is 0 Å². The number of benzene rings is 2. The van der Waals surface area contributed by atoms with Crippen molar-refractivity contribution in [2.75, 3.05) is 0 Å². The van der Waals surface area contributed by atoms with Gasteiger partial charge in [-0.25, -0.2) is 0 Å². The standard InChI is InChI=1S/2C32H50P2.2Sn/c2*1-5-17-29(18-6-1)33(30-19-7-2-8-20-30)25-27-15-13-14-16-28(27)26-34(31-21-9-3-10-22-31)32-23-11-4-12-24-32;;/h2*13-16,25-26,29-32H,1-12,17-24H2;;. The molecule has 0 amide bonds. The Kier molecular flexibility index (Phi) is 20.8. The Balaban J connectivity index is 1.16. The van der Waals surface area contributed by atoms with Gasteiger partial charge >= 0.3 is 462 Å². The van der Waals surface area contributed by atoms with Crippen molar-refractivity contribution in [3.05, 3.63) is 70.8 Å². The third kappa shape index (κ3) is 12.3. The second-order valence-electron chi connectivity index (χ2n) is 25.5. The fourth-order valence-corrected chi connectivity index (χ4v) is 75.1. The summed E-state index contributed by atoms with van der Waals surface area (Å²) in [6.07, 6.45) is 62.7. The van der Waals surface area contributed by atoms with Crippen LogP contribution in [0.4, 0.5) is 0 Å². The zero-order chi connectivity index (χ0) is 47.1. The zero-order valence-corrected chi connectivity index (χ0v) is 53.9. The molecular formula is C64H100P4Sn2. The van der Waals surface area contributed by atoms with Crippen molar-refractivity contribution in [2.24, 2.45) is 0 Å². The Bertz CT molecular complexity index is 1720. The minimum absolute atomic E-state index is 0.00652. The molecule has 384 valence electrons. The van der Waals surface area contributed by atoms with Gasteiger partial charge in [-0.05, 0) is 0 Å². The average molecular weight is 1230 g/mol. The Morgan fingerprint density at radius 1 is 0.314 bits per heavy atom. The van der Waals surface area contributed by atoms with Gasteiger partial charge in [0.1, 0.15) is 0 Å². The van der Waals surface area contributed by atoms with Crippen LogP contribution in [0.25, 0.3) is 0 Å². The molecule has 4 radical (unpaired) electrons. The Morgan fingerprint density at radius 2 is 0.571 bits per heavy atom. The molecule has 8 saturated carbocycles. The van der Waals surface area contributed by atoms with Gasteiger partial charge < -0.3 is 0 Å². The predicted molar refractivity (Wildman–Crippen MR) is 318 cm³/mol. The molecule has 0 spiro atoms. The summed E-state index contributed by atoms with van der Waals surface area (Å²) in [5.41, 5.74) is 16.9. The monoisotopic (exact) mass is 1230 g/mol. The molecule has 4 atom stereocenters. The van der Waals surface area contributed by atoms with E-state index in [1.807, 2.05) is 28.1 Å². The van der Waals surface area contributed by atoms with Crippen LogP contribution in [0.15, 0.2) is 48.5 Å². The van der Waals surface area contributed by atoms with Crippen LogP contribution in [0, 0.1) is 0 Å². The Hall–Kier alpha value is 1.76. The SMILES string of the molecule is [Sn][CH](c1ccccc1[CH](P(C1CCCCC1)C1CCCCC1)[Sn]1[CH](P(C2CCCCC2)C2CCCCC2)c2ccccc2[CH]1P(C1CCCCC1)C1CCCCC1)P(C1CCCCC1)C1CCCCC1. The summed E-state index contributed by atoms with van der Waals surface area (Å²) in [5, 5.41) is 0. The molecule has 0 bridgehead atoms. The summed E-state index contributed by atoms with van der Waals surface area (Å²) in [4.78, 5) is 0. The number of hydrogen-bond donors (Lipinski definition) is 0. The van der Waals surface area contributed by atoms with Crippen molar-refractivity contribution >= 4 is 74.0 Å². The first kappa shape index (κ1) is 53.7. The van der Waals surface area contributed by atoms with Crippen LogP contribution < -0.4 is 0 Å². The summed E-state index contributed by atoms with van der Waals surface area (Å²) >= 11 is -0.692. The van der Waals surface area contributed by atoms with Crippen LogP contribution in [-0.4, -0.2) is 87.6 Å². The van der Waals surface area contributed by atoms with Crippen molar-refractivity contribution < 1.29 is 0 Å². The van der Waals surface area contributed by atoms with E-state index in [2.05, 4.69) is 65.2 Å². The van der Waals surface area contributed by atoms with Crippen molar-refractivity contribution in [3.63, 3.8) is 0 Å². The molecule has 6 heteroatoms. The number of rotatable bonds is 15. The van der Waals surface area contributed by atoms with E-state index >= 15 is 0 Å². The molecule has 11 rings (SSSR count). The summed E-state index contributed by atoms with van der Waals surface area (Å²) in [6, 6.07) is 22.5. The van der Waals surface area contributed by atoms with E-state index in [4.69, 9.17) is 0 Å². The molecule has 0 N–H and O–H groups in total. The van der Waals surface area contributed by atoms with Gasteiger partial charge in [-0.1, -0.05) is 0 Å². The summed E-state index contributed by atoms with van der Waals surface area (Å²) in [7, 11) is -0.146. The predicted octanol–water partition coefficient (Wildman–Crippen LogP) is 21.4. The van der Waals surface area contributed by atoms with Crippen LogP contribution in [0.1, 0.15) is 294 Å². The molecule has 8 aliphatic carbocycles. The molecule has 4 unspecified atom stereocenters.